The topological polar surface area (TPSA) is 65.0 Å². The summed E-state index contributed by atoms with van der Waals surface area (Å²) in [4.78, 5) is 12.1. The van der Waals surface area contributed by atoms with Gasteiger partial charge in [0.25, 0.3) is 0 Å². The van der Waals surface area contributed by atoms with Crippen LogP contribution in [-0.2, 0) is 16.0 Å². The van der Waals surface area contributed by atoms with E-state index in [1.807, 2.05) is 39.0 Å². The molecule has 32 heavy (non-hydrogen) atoms. The van der Waals surface area contributed by atoms with Crippen LogP contribution in [0.3, 0.4) is 0 Å². The molecule has 2 heterocycles. The maximum absolute atomic E-state index is 13.6. The molecule has 4 atom stereocenters. The van der Waals surface area contributed by atoms with Crippen LogP contribution in [0.25, 0.3) is 0 Å². The number of fused-ring (bicyclic) bond motifs is 3. The van der Waals surface area contributed by atoms with Crippen LogP contribution in [0.5, 0.6) is 11.5 Å². The second-order valence-corrected chi connectivity index (χ2v) is 9.01. The molecule has 0 radical (unpaired) electrons. The van der Waals surface area contributed by atoms with Crippen LogP contribution in [0.1, 0.15) is 50.8 Å². The van der Waals surface area contributed by atoms with Crippen molar-refractivity contribution < 1.29 is 32.9 Å². The summed E-state index contributed by atoms with van der Waals surface area (Å²) >= 11 is 0. The lowest BCUT2D eigenvalue weighted by Gasteiger charge is -2.50. The lowest BCUT2D eigenvalue weighted by atomic mass is 9.71. The molecule has 2 aliphatic rings. The van der Waals surface area contributed by atoms with E-state index in [0.29, 0.717) is 42.9 Å². The number of hydrogen-bond donors (Lipinski definition) is 1. The van der Waals surface area contributed by atoms with Crippen molar-refractivity contribution in [3.63, 3.8) is 0 Å². The summed E-state index contributed by atoms with van der Waals surface area (Å²) in [6.07, 6.45) is 0.245. The molecule has 2 aromatic carbocycles. The van der Waals surface area contributed by atoms with Gasteiger partial charge in [-0.15, -0.1) is 0 Å². The van der Waals surface area contributed by atoms with Crippen LogP contribution in [0.2, 0.25) is 0 Å². The lowest BCUT2D eigenvalue weighted by molar-refractivity contribution is -0.188. The van der Waals surface area contributed by atoms with Gasteiger partial charge in [0.1, 0.15) is 17.1 Å². The predicted molar refractivity (Wildman–Crippen MR) is 114 cm³/mol. The van der Waals surface area contributed by atoms with Gasteiger partial charge in [-0.3, -0.25) is 4.79 Å². The number of benzene rings is 2. The Kier molecular flexibility index (Phi) is 6.12. The van der Waals surface area contributed by atoms with Crippen LogP contribution < -0.4 is 9.47 Å². The first-order valence-electron chi connectivity index (χ1n) is 11.0. The smallest absolute Gasteiger partial charge is 0.309 e. The number of hydrogen-bond acceptors (Lipinski definition) is 4. The summed E-state index contributed by atoms with van der Waals surface area (Å²) in [5.41, 5.74) is 0.843. The van der Waals surface area contributed by atoms with Crippen molar-refractivity contribution in [3.05, 3.63) is 59.2 Å². The normalized spacial score (nSPS) is 25.9. The molecule has 2 aromatic rings. The lowest BCUT2D eigenvalue weighted by Crippen LogP contribution is -2.52. The van der Waals surface area contributed by atoms with Gasteiger partial charge < -0.3 is 19.3 Å². The Labute approximate surface area is 186 Å². The highest BCUT2D eigenvalue weighted by Crippen LogP contribution is 2.53. The van der Waals surface area contributed by atoms with Crippen molar-refractivity contribution >= 4 is 5.97 Å². The van der Waals surface area contributed by atoms with E-state index < -0.39 is 35.2 Å². The third-order valence-electron chi connectivity index (χ3n) is 6.53. The van der Waals surface area contributed by atoms with E-state index in [0.717, 1.165) is 17.7 Å². The van der Waals surface area contributed by atoms with Crippen molar-refractivity contribution in [2.45, 2.75) is 57.8 Å². The summed E-state index contributed by atoms with van der Waals surface area (Å²) in [6.45, 7) is 6.34. The Bertz CT molecular complexity index is 1010. The Morgan fingerprint density at radius 3 is 2.66 bits per heavy atom. The van der Waals surface area contributed by atoms with Crippen molar-refractivity contribution in [2.75, 3.05) is 6.61 Å². The zero-order valence-electron chi connectivity index (χ0n) is 18.4. The molecule has 0 aromatic heterocycles. The molecular weight excluding hydrogens is 418 g/mol. The summed E-state index contributed by atoms with van der Waals surface area (Å²) < 4.78 is 45.2. The minimum atomic E-state index is -0.927. The van der Waals surface area contributed by atoms with Crippen LogP contribution in [0, 0.1) is 23.5 Å². The van der Waals surface area contributed by atoms with Gasteiger partial charge in [0.05, 0.1) is 24.7 Å². The van der Waals surface area contributed by atoms with Gasteiger partial charge in [0.15, 0.2) is 11.6 Å². The highest BCUT2D eigenvalue weighted by Gasteiger charge is 2.52. The molecule has 1 N–H and O–H groups in total. The molecule has 1 fully saturated rings. The van der Waals surface area contributed by atoms with E-state index in [-0.39, 0.29) is 12.0 Å². The van der Waals surface area contributed by atoms with Gasteiger partial charge in [0, 0.05) is 11.5 Å². The predicted octanol–water partition coefficient (Wildman–Crippen LogP) is 5.31. The zero-order chi connectivity index (χ0) is 23.0. The first kappa shape index (κ1) is 22.5. The Balaban J connectivity index is 1.62. The van der Waals surface area contributed by atoms with Crippen molar-refractivity contribution in [1.82, 2.24) is 0 Å². The van der Waals surface area contributed by atoms with Crippen molar-refractivity contribution in [3.8, 4) is 11.5 Å². The Morgan fingerprint density at radius 1 is 1.19 bits per heavy atom. The third kappa shape index (κ3) is 4.31. The van der Waals surface area contributed by atoms with E-state index in [1.54, 1.807) is 0 Å². The van der Waals surface area contributed by atoms with Gasteiger partial charge in [-0.1, -0.05) is 6.07 Å². The molecule has 5 nitrogen and oxygen atoms in total. The number of ether oxygens (including phenoxy) is 3. The minimum absolute atomic E-state index is 0.160. The summed E-state index contributed by atoms with van der Waals surface area (Å²) in [5.74, 6) is -2.22. The number of carboxylic acids is 1. The number of carboxylic acid groups (broad SMARTS) is 1. The zero-order valence-corrected chi connectivity index (χ0v) is 18.4. The highest BCUT2D eigenvalue weighted by molar-refractivity contribution is 5.71. The van der Waals surface area contributed by atoms with E-state index >= 15 is 0 Å². The van der Waals surface area contributed by atoms with E-state index in [1.165, 1.54) is 6.07 Å². The fourth-order valence-corrected chi connectivity index (χ4v) is 4.86. The number of aryl methyl sites for hydroxylation is 1. The molecule has 0 bridgehead atoms. The number of rotatable bonds is 6. The Morgan fingerprint density at radius 2 is 1.97 bits per heavy atom. The molecule has 1 saturated heterocycles. The monoisotopic (exact) mass is 446 g/mol. The van der Waals surface area contributed by atoms with Crippen LogP contribution in [0.15, 0.2) is 36.4 Å². The average molecular weight is 446 g/mol. The summed E-state index contributed by atoms with van der Waals surface area (Å²) in [5, 5.41) is 9.91. The molecule has 0 aliphatic carbocycles. The SMILES string of the molecule is CCOc1ccc2c(c1)[C@H]1O[C@@H](CCc3ccc(F)c(F)c3)[C@@H](C(=O)O)C[C@@H]1C(C)(C)O2. The van der Waals surface area contributed by atoms with Gasteiger partial charge >= 0.3 is 5.97 Å². The molecule has 4 rings (SSSR count). The Hall–Kier alpha value is -2.67. The fourth-order valence-electron chi connectivity index (χ4n) is 4.86. The van der Waals surface area contributed by atoms with Gasteiger partial charge in [-0.25, -0.2) is 8.78 Å². The maximum Gasteiger partial charge on any atom is 0.309 e. The molecule has 0 spiro atoms. The van der Waals surface area contributed by atoms with E-state index in [4.69, 9.17) is 14.2 Å². The standard InChI is InChI=1S/C25H28F2O5/c1-4-30-15-7-10-22-16(12-15)23-18(25(2,3)32-22)13-17(24(28)29)21(31-23)9-6-14-5-8-19(26)20(27)11-14/h5,7-8,10-12,17-18,21,23H,4,6,9,13H2,1-3H3,(H,28,29)/t17-,18-,21-,23+/m0/s1. The molecule has 7 heteroatoms. The number of carbonyl (C=O) groups is 1. The quantitative estimate of drug-likeness (QED) is 0.651. The fraction of sp³-hybridized carbons (Fsp3) is 0.480. The third-order valence-corrected chi connectivity index (χ3v) is 6.53. The molecule has 2 aliphatic heterocycles. The summed E-state index contributed by atoms with van der Waals surface area (Å²) in [6, 6.07) is 9.37. The molecule has 172 valence electrons. The van der Waals surface area contributed by atoms with Crippen LogP contribution in [0.4, 0.5) is 8.78 Å². The van der Waals surface area contributed by atoms with Crippen molar-refractivity contribution in [2.24, 2.45) is 11.8 Å². The minimum Gasteiger partial charge on any atom is -0.494 e. The molecule has 0 saturated carbocycles. The van der Waals surface area contributed by atoms with Crippen LogP contribution in [-0.4, -0.2) is 29.4 Å². The van der Waals surface area contributed by atoms with Gasteiger partial charge in [-0.2, -0.15) is 0 Å². The first-order valence-corrected chi connectivity index (χ1v) is 11.0. The van der Waals surface area contributed by atoms with Crippen molar-refractivity contribution in [1.29, 1.82) is 0 Å². The number of aliphatic carboxylic acids is 1. The first-order chi connectivity index (χ1) is 15.2. The average Bonchev–Trinajstić information content (AvgIpc) is 2.74. The largest absolute Gasteiger partial charge is 0.494 e. The van der Waals surface area contributed by atoms with E-state index in [2.05, 4.69) is 0 Å². The molecule has 0 amide bonds. The van der Waals surface area contributed by atoms with Gasteiger partial charge in [0.2, 0.25) is 0 Å². The highest BCUT2D eigenvalue weighted by atomic mass is 19.2. The van der Waals surface area contributed by atoms with Crippen LogP contribution >= 0.6 is 0 Å². The number of halogens is 2. The van der Waals surface area contributed by atoms with E-state index in [9.17, 15) is 18.7 Å². The summed E-state index contributed by atoms with van der Waals surface area (Å²) in [7, 11) is 0. The van der Waals surface area contributed by atoms with Gasteiger partial charge in [-0.05, 0) is 75.9 Å². The second-order valence-electron chi connectivity index (χ2n) is 9.01. The maximum atomic E-state index is 13.6. The molecular formula is C25H28F2O5. The second kappa shape index (κ2) is 8.70. The molecule has 0 unspecified atom stereocenters.